The van der Waals surface area contributed by atoms with Crippen molar-refractivity contribution in [1.29, 1.82) is 0 Å². The van der Waals surface area contributed by atoms with Crippen LogP contribution in [0.3, 0.4) is 0 Å². The Hall–Kier alpha value is -2.63. The molecule has 3 aromatic rings. The molecule has 3 rings (SSSR count). The summed E-state index contributed by atoms with van der Waals surface area (Å²) in [5, 5.41) is 0. The number of aliphatic imine (C=N–C) groups is 1. The number of pyridine rings is 1. The van der Waals surface area contributed by atoms with E-state index in [4.69, 9.17) is 9.42 Å². The van der Waals surface area contributed by atoms with E-state index in [1.54, 1.807) is 12.3 Å². The van der Waals surface area contributed by atoms with E-state index in [1.165, 1.54) is 0 Å². The van der Waals surface area contributed by atoms with Gasteiger partial charge in [-0.25, -0.2) is 14.4 Å². The lowest BCUT2D eigenvalue weighted by Crippen LogP contribution is -2.43. The Morgan fingerprint density at radius 2 is 1.38 bits per heavy atom. The normalized spacial score (nSPS) is 11.9. The Labute approximate surface area is 192 Å². The zero-order chi connectivity index (χ0) is 23.2. The Balaban J connectivity index is 2.09. The van der Waals surface area contributed by atoms with E-state index >= 15 is 4.39 Å². The third-order valence-electron chi connectivity index (χ3n) is 6.24. The van der Waals surface area contributed by atoms with Crippen molar-refractivity contribution in [3.05, 3.63) is 95.4 Å². The van der Waals surface area contributed by atoms with Gasteiger partial charge in [0.05, 0.1) is 11.3 Å². The van der Waals surface area contributed by atoms with Crippen molar-refractivity contribution in [2.24, 2.45) is 4.99 Å². The van der Waals surface area contributed by atoms with Crippen molar-refractivity contribution in [3.8, 4) is 0 Å². The molecule has 0 spiro atoms. The van der Waals surface area contributed by atoms with E-state index in [0.29, 0.717) is 11.3 Å². The third kappa shape index (κ3) is 5.22. The Morgan fingerprint density at radius 1 is 0.875 bits per heavy atom. The first-order valence-electron chi connectivity index (χ1n) is 11.4. The fraction of sp³-hybridized carbons (Fsp3) is 0.333. The predicted molar refractivity (Wildman–Crippen MR) is 134 cm³/mol. The average molecular weight is 449 g/mol. The number of halogens is 1. The maximum absolute atomic E-state index is 15.8. The van der Waals surface area contributed by atoms with Gasteiger partial charge in [0, 0.05) is 22.9 Å². The molecular weight excluding hydrogens is 415 g/mol. The Morgan fingerprint density at radius 3 is 1.84 bits per heavy atom. The highest BCUT2D eigenvalue weighted by Crippen LogP contribution is 2.37. The van der Waals surface area contributed by atoms with Gasteiger partial charge in [-0.15, -0.1) is 0 Å². The van der Waals surface area contributed by atoms with Crippen molar-refractivity contribution >= 4 is 19.8 Å². The van der Waals surface area contributed by atoms with Crippen molar-refractivity contribution in [3.63, 3.8) is 0 Å². The van der Waals surface area contributed by atoms with Gasteiger partial charge in [0.2, 0.25) is 0 Å². The van der Waals surface area contributed by atoms with Gasteiger partial charge < -0.3 is 4.43 Å². The van der Waals surface area contributed by atoms with E-state index in [2.05, 4.69) is 25.8 Å². The van der Waals surface area contributed by atoms with Gasteiger partial charge in [0.25, 0.3) is 0 Å². The highest BCUT2D eigenvalue weighted by molar-refractivity contribution is 6.73. The standard InChI is InChI=1S/C27H33FN2OSi/c1-6-32(7-2,8-3)31-27(4,5)23-19-20-29-26(24(23)28)30-25(21-15-11-9-12-16-21)22-17-13-10-14-18-22/h9-20H,6-8H2,1-5H3. The lowest BCUT2D eigenvalue weighted by atomic mass is 9.98. The zero-order valence-electron chi connectivity index (χ0n) is 19.7. The molecule has 0 atom stereocenters. The molecule has 0 bridgehead atoms. The third-order valence-corrected chi connectivity index (χ3v) is 11.0. The maximum Gasteiger partial charge on any atom is 0.193 e. The molecule has 1 aromatic heterocycles. The van der Waals surface area contributed by atoms with Crippen LogP contribution in [0.5, 0.6) is 0 Å². The molecule has 0 saturated heterocycles. The highest BCUT2D eigenvalue weighted by atomic mass is 28.4. The molecule has 2 aromatic carbocycles. The van der Waals surface area contributed by atoms with E-state index < -0.39 is 19.7 Å². The molecule has 0 aliphatic carbocycles. The summed E-state index contributed by atoms with van der Waals surface area (Å²) in [6, 6.07) is 24.4. The van der Waals surface area contributed by atoms with E-state index in [0.717, 1.165) is 29.3 Å². The van der Waals surface area contributed by atoms with E-state index in [1.807, 2.05) is 74.5 Å². The molecule has 0 unspecified atom stereocenters. The van der Waals surface area contributed by atoms with Gasteiger partial charge in [-0.1, -0.05) is 81.4 Å². The number of nitrogens with zero attached hydrogens (tertiary/aromatic N) is 2. The van der Waals surface area contributed by atoms with Gasteiger partial charge in [-0.2, -0.15) is 0 Å². The summed E-state index contributed by atoms with van der Waals surface area (Å²) in [6.45, 7) is 10.5. The van der Waals surface area contributed by atoms with Gasteiger partial charge in [0.15, 0.2) is 20.0 Å². The van der Waals surface area contributed by atoms with Crippen LogP contribution >= 0.6 is 0 Å². The second-order valence-electron chi connectivity index (χ2n) is 8.54. The van der Waals surface area contributed by atoms with Crippen molar-refractivity contribution in [2.75, 3.05) is 0 Å². The molecule has 0 aliphatic rings. The fourth-order valence-electron chi connectivity index (χ4n) is 4.13. The first-order valence-corrected chi connectivity index (χ1v) is 13.9. The lowest BCUT2D eigenvalue weighted by molar-refractivity contribution is 0.0899. The van der Waals surface area contributed by atoms with Crippen LogP contribution in [0.1, 0.15) is 51.3 Å². The quantitative estimate of drug-likeness (QED) is 0.249. The molecule has 0 saturated carbocycles. The minimum absolute atomic E-state index is 0.0821. The summed E-state index contributed by atoms with van der Waals surface area (Å²) in [7, 11) is -1.94. The first kappa shape index (κ1) is 24.0. The topological polar surface area (TPSA) is 34.5 Å². The van der Waals surface area contributed by atoms with Gasteiger partial charge in [-0.05, 0) is 38.0 Å². The average Bonchev–Trinajstić information content (AvgIpc) is 2.83. The van der Waals surface area contributed by atoms with Crippen LogP contribution in [0.15, 0.2) is 77.9 Å². The summed E-state index contributed by atoms with van der Waals surface area (Å²) < 4.78 is 22.5. The highest BCUT2D eigenvalue weighted by Gasteiger charge is 2.38. The zero-order valence-corrected chi connectivity index (χ0v) is 20.7. The number of hydrogen-bond acceptors (Lipinski definition) is 3. The van der Waals surface area contributed by atoms with Crippen molar-refractivity contribution in [2.45, 2.75) is 58.4 Å². The summed E-state index contributed by atoms with van der Waals surface area (Å²) in [5.41, 5.74) is 2.25. The van der Waals surface area contributed by atoms with E-state index in [9.17, 15) is 0 Å². The monoisotopic (exact) mass is 448 g/mol. The molecule has 0 amide bonds. The summed E-state index contributed by atoms with van der Waals surface area (Å²) >= 11 is 0. The molecule has 1 heterocycles. The van der Waals surface area contributed by atoms with Crippen LogP contribution in [-0.4, -0.2) is 19.0 Å². The van der Waals surface area contributed by atoms with Crippen LogP contribution in [-0.2, 0) is 10.0 Å². The van der Waals surface area contributed by atoms with Crippen LogP contribution < -0.4 is 0 Å². The second kappa shape index (κ2) is 10.3. The maximum atomic E-state index is 15.8. The lowest BCUT2D eigenvalue weighted by Gasteiger charge is -2.38. The number of benzene rings is 2. The summed E-state index contributed by atoms with van der Waals surface area (Å²) in [6.07, 6.45) is 1.63. The minimum Gasteiger partial charge on any atom is -0.408 e. The molecule has 32 heavy (non-hydrogen) atoms. The number of rotatable bonds is 9. The van der Waals surface area contributed by atoms with Gasteiger partial charge in [0.1, 0.15) is 0 Å². The predicted octanol–water partition coefficient (Wildman–Crippen LogP) is 7.65. The fourth-order valence-corrected chi connectivity index (χ4v) is 7.26. The molecular formula is C27H33FN2OSi. The van der Waals surface area contributed by atoms with Crippen LogP contribution in [0, 0.1) is 5.82 Å². The van der Waals surface area contributed by atoms with Crippen LogP contribution in [0.25, 0.3) is 0 Å². The first-order chi connectivity index (χ1) is 15.4. The molecule has 0 radical (unpaired) electrons. The second-order valence-corrected chi connectivity index (χ2v) is 13.2. The van der Waals surface area contributed by atoms with Gasteiger partial charge in [-0.3, -0.25) is 0 Å². The van der Waals surface area contributed by atoms with E-state index in [-0.39, 0.29) is 5.82 Å². The van der Waals surface area contributed by atoms with Gasteiger partial charge >= 0.3 is 0 Å². The molecule has 3 nitrogen and oxygen atoms in total. The molecule has 0 fully saturated rings. The molecule has 168 valence electrons. The Kier molecular flexibility index (Phi) is 7.75. The number of aromatic nitrogens is 1. The summed E-state index contributed by atoms with van der Waals surface area (Å²) in [5.74, 6) is -0.341. The molecule has 0 N–H and O–H groups in total. The largest absolute Gasteiger partial charge is 0.408 e. The van der Waals surface area contributed by atoms with Crippen molar-refractivity contribution in [1.82, 2.24) is 4.98 Å². The number of hydrogen-bond donors (Lipinski definition) is 0. The van der Waals surface area contributed by atoms with Crippen LogP contribution in [0.2, 0.25) is 18.1 Å². The van der Waals surface area contributed by atoms with Crippen molar-refractivity contribution < 1.29 is 8.82 Å². The summed E-state index contributed by atoms with van der Waals surface area (Å²) in [4.78, 5) is 9.01. The smallest absolute Gasteiger partial charge is 0.193 e. The van der Waals surface area contributed by atoms with Crippen LogP contribution in [0.4, 0.5) is 10.2 Å². The Bertz CT molecular complexity index is 998. The SMILES string of the molecule is CC[Si](CC)(CC)OC(C)(C)c1ccnc(N=C(c2ccccc2)c2ccccc2)c1F. The molecule has 5 heteroatoms. The minimum atomic E-state index is -1.94. The molecule has 0 aliphatic heterocycles.